The third kappa shape index (κ3) is 47.5. The molecular formula is FO3PSr. The molecule has 3 nitrogen and oxygen atoms in total. The Morgan fingerprint density at radius 1 is 1.50 bits per heavy atom. The zero-order valence-corrected chi connectivity index (χ0v) is 7.13. The molecule has 0 unspecified atom stereocenters. The van der Waals surface area contributed by atoms with E-state index in [4.69, 9.17) is 14.4 Å². The monoisotopic (exact) mass is 186 g/mol. The van der Waals surface area contributed by atoms with Crippen molar-refractivity contribution in [1.29, 1.82) is 0 Å². The van der Waals surface area contributed by atoms with Crippen molar-refractivity contribution in [3.05, 3.63) is 0 Å². The molecule has 0 atom stereocenters. The topological polar surface area (TPSA) is 63.2 Å². The van der Waals surface area contributed by atoms with Gasteiger partial charge in [-0.3, -0.25) is 0 Å². The van der Waals surface area contributed by atoms with E-state index in [1.807, 2.05) is 0 Å². The molecule has 6 heavy (non-hydrogen) atoms. The molecule has 0 aliphatic carbocycles. The minimum atomic E-state index is -5.64. The molecule has 32 valence electrons. The average Bonchev–Trinajstić information content (AvgIpc) is 0.722. The van der Waals surface area contributed by atoms with Crippen LogP contribution in [0.1, 0.15) is 0 Å². The van der Waals surface area contributed by atoms with E-state index in [1.165, 1.54) is 0 Å². The van der Waals surface area contributed by atoms with Crippen LogP contribution in [0.2, 0.25) is 0 Å². The largest absolute Gasteiger partial charge is 2.00 e. The van der Waals surface area contributed by atoms with E-state index in [9.17, 15) is 4.20 Å². The zero-order chi connectivity index (χ0) is 4.50. The Morgan fingerprint density at radius 2 is 1.50 bits per heavy atom. The summed E-state index contributed by atoms with van der Waals surface area (Å²) in [5.74, 6) is 0. The number of hydrogen-bond acceptors (Lipinski definition) is 3. The van der Waals surface area contributed by atoms with Crippen LogP contribution in [0.4, 0.5) is 4.20 Å². The quantitative estimate of drug-likeness (QED) is 0.338. The van der Waals surface area contributed by atoms with Crippen LogP contribution in [-0.2, 0) is 4.57 Å². The van der Waals surface area contributed by atoms with Crippen LogP contribution in [0.3, 0.4) is 0 Å². The van der Waals surface area contributed by atoms with E-state index < -0.39 is 7.91 Å². The molecule has 0 aromatic heterocycles. The van der Waals surface area contributed by atoms with Gasteiger partial charge in [-0.05, 0) is 0 Å². The van der Waals surface area contributed by atoms with Crippen molar-refractivity contribution >= 4 is 53.4 Å². The fraction of sp³-hybridized carbons (Fsp3) is 0. The summed E-state index contributed by atoms with van der Waals surface area (Å²) in [6.07, 6.45) is 0. The van der Waals surface area contributed by atoms with Crippen molar-refractivity contribution in [3.8, 4) is 0 Å². The average molecular weight is 186 g/mol. The van der Waals surface area contributed by atoms with Gasteiger partial charge in [-0.2, -0.15) is 0 Å². The van der Waals surface area contributed by atoms with Crippen LogP contribution < -0.4 is 9.79 Å². The summed E-state index contributed by atoms with van der Waals surface area (Å²) in [6, 6.07) is 0. The Labute approximate surface area is 71.1 Å². The predicted octanol–water partition coefficient (Wildman–Crippen LogP) is -1.60. The van der Waals surface area contributed by atoms with Gasteiger partial charge in [0.05, 0.1) is 0 Å². The fourth-order valence-electron chi connectivity index (χ4n) is 0. The molecule has 0 N–H and O–H groups in total. The third-order valence-corrected chi connectivity index (χ3v) is 0. The van der Waals surface area contributed by atoms with Crippen LogP contribution in [0.5, 0.6) is 0 Å². The van der Waals surface area contributed by atoms with Gasteiger partial charge in [0.25, 0.3) is 0 Å². The Balaban J connectivity index is 0. The predicted molar refractivity (Wildman–Crippen MR) is 14.5 cm³/mol. The summed E-state index contributed by atoms with van der Waals surface area (Å²) in [7, 11) is -5.64. The van der Waals surface area contributed by atoms with Crippen molar-refractivity contribution in [2.24, 2.45) is 0 Å². The van der Waals surface area contributed by atoms with Crippen LogP contribution in [0.15, 0.2) is 0 Å². The van der Waals surface area contributed by atoms with Gasteiger partial charge >= 0.3 is 45.5 Å². The SMILES string of the molecule is O=P([O-])([O-])F.[Sr+2]. The first kappa shape index (κ1) is 10.5. The number of hydrogen-bond donors (Lipinski definition) is 0. The van der Waals surface area contributed by atoms with Crippen molar-refractivity contribution in [2.45, 2.75) is 0 Å². The summed E-state index contributed by atoms with van der Waals surface area (Å²) in [5, 5.41) is 0. The maximum Gasteiger partial charge on any atom is 2.00 e. The van der Waals surface area contributed by atoms with E-state index >= 15 is 0 Å². The standard InChI is InChI=1S/FH2O3P.Sr/c1-5(2,3)4;/h(H2,2,3,4);/q;+2/p-2. The van der Waals surface area contributed by atoms with Gasteiger partial charge in [-0.15, -0.1) is 0 Å². The molecule has 0 rings (SSSR count). The van der Waals surface area contributed by atoms with E-state index in [2.05, 4.69) is 0 Å². The molecule has 6 heteroatoms. The molecule has 0 aliphatic heterocycles. The smallest absolute Gasteiger partial charge is 0.786 e. The summed E-state index contributed by atoms with van der Waals surface area (Å²) in [6.45, 7) is 0. The van der Waals surface area contributed by atoms with E-state index in [0.29, 0.717) is 0 Å². The molecule has 0 bridgehead atoms. The Bertz CT molecular complexity index is 56.9. The van der Waals surface area contributed by atoms with Crippen LogP contribution >= 0.6 is 7.91 Å². The van der Waals surface area contributed by atoms with E-state index in [1.54, 1.807) is 0 Å². The first-order valence-electron chi connectivity index (χ1n) is 0.717. The van der Waals surface area contributed by atoms with Gasteiger partial charge in [0.2, 0.25) is 0 Å². The molecule has 0 amide bonds. The van der Waals surface area contributed by atoms with Crippen LogP contribution in [0, 0.1) is 0 Å². The molecule has 0 heterocycles. The molecular weight excluding hydrogens is 186 g/mol. The van der Waals surface area contributed by atoms with Gasteiger partial charge in [-0.1, -0.05) is 0 Å². The molecule has 0 aromatic rings. The Kier molecular flexibility index (Phi) is 6.22. The van der Waals surface area contributed by atoms with Gasteiger partial charge in [0.1, 0.15) is 7.91 Å². The zero-order valence-electron chi connectivity index (χ0n) is 2.76. The van der Waals surface area contributed by atoms with Gasteiger partial charge < -0.3 is 14.4 Å². The third-order valence-electron chi connectivity index (χ3n) is 0. The maximum absolute atomic E-state index is 10.1. The molecule has 0 aromatic carbocycles. The summed E-state index contributed by atoms with van der Waals surface area (Å²) < 4.78 is 18.6. The van der Waals surface area contributed by atoms with E-state index in [-0.39, 0.29) is 45.5 Å². The first-order valence-corrected chi connectivity index (χ1v) is 2.15. The summed E-state index contributed by atoms with van der Waals surface area (Å²) in [5.41, 5.74) is 0. The first-order chi connectivity index (χ1) is 2.00. The molecule has 0 aliphatic rings. The maximum atomic E-state index is 10.1. The van der Waals surface area contributed by atoms with Crippen molar-refractivity contribution in [2.75, 3.05) is 0 Å². The Hall–Kier alpha value is 1.56. The van der Waals surface area contributed by atoms with Gasteiger partial charge in [0.15, 0.2) is 0 Å². The molecule has 0 saturated carbocycles. The second kappa shape index (κ2) is 3.55. The Morgan fingerprint density at radius 3 is 1.50 bits per heavy atom. The van der Waals surface area contributed by atoms with Crippen molar-refractivity contribution in [3.63, 3.8) is 0 Å². The van der Waals surface area contributed by atoms with Crippen LogP contribution in [-0.4, -0.2) is 45.5 Å². The second-order valence-corrected chi connectivity index (χ2v) is 1.29. The molecule has 0 fully saturated rings. The summed E-state index contributed by atoms with van der Waals surface area (Å²) in [4.78, 5) is 16.9. The number of halogens is 1. The summed E-state index contributed by atoms with van der Waals surface area (Å²) >= 11 is 0. The minimum absolute atomic E-state index is 0. The normalized spacial score (nSPS) is 9.83. The molecule has 0 spiro atoms. The van der Waals surface area contributed by atoms with Crippen molar-refractivity contribution < 1.29 is 18.5 Å². The van der Waals surface area contributed by atoms with Crippen LogP contribution in [0.25, 0.3) is 0 Å². The van der Waals surface area contributed by atoms with E-state index in [0.717, 1.165) is 0 Å². The number of rotatable bonds is 0. The molecule has 0 saturated heterocycles. The second-order valence-electron chi connectivity index (χ2n) is 0.431. The minimum Gasteiger partial charge on any atom is -0.786 e. The molecule has 0 radical (unpaired) electrons. The van der Waals surface area contributed by atoms with Gasteiger partial charge in [0, 0.05) is 0 Å². The van der Waals surface area contributed by atoms with Gasteiger partial charge in [-0.25, -0.2) is 4.20 Å². The fourth-order valence-corrected chi connectivity index (χ4v) is 0. The van der Waals surface area contributed by atoms with Crippen molar-refractivity contribution in [1.82, 2.24) is 0 Å².